The summed E-state index contributed by atoms with van der Waals surface area (Å²) >= 11 is 5.27. The van der Waals surface area contributed by atoms with Gasteiger partial charge >= 0.3 is 0 Å². The van der Waals surface area contributed by atoms with Crippen LogP contribution in [0.15, 0.2) is 42.5 Å². The Balaban J connectivity index is 2.49. The minimum Gasteiger partial charge on any atom is -0.284 e. The maximum Gasteiger partial charge on any atom is 0.293 e. The van der Waals surface area contributed by atoms with Crippen LogP contribution < -0.4 is 0 Å². The van der Waals surface area contributed by atoms with Gasteiger partial charge in [0.15, 0.2) is 0 Å². The summed E-state index contributed by atoms with van der Waals surface area (Å²) in [5.41, 5.74) is 4.17. The van der Waals surface area contributed by atoms with Crippen LogP contribution in [0.3, 0.4) is 0 Å². The molecule has 96 valence electrons. The number of carbonyl (C=O) groups excluding carboxylic acids is 2. The first-order chi connectivity index (χ1) is 8.99. The highest BCUT2D eigenvalue weighted by Crippen LogP contribution is 2.23. The van der Waals surface area contributed by atoms with Gasteiger partial charge in [0.1, 0.15) is 0 Å². The van der Waals surface area contributed by atoms with Crippen molar-refractivity contribution in [1.82, 2.24) is 0 Å². The van der Waals surface area contributed by atoms with Gasteiger partial charge in [-0.05, 0) is 48.2 Å². The standard InChI is InChI=1S/C16H13ClO2/c1-10-3-6-12(7-4-10)13-8-5-11(2)14(9-13)15(18)16(17)19/h3-9H,1-2H3. The van der Waals surface area contributed by atoms with Gasteiger partial charge in [0.2, 0.25) is 5.78 Å². The Morgan fingerprint density at radius 3 is 2.05 bits per heavy atom. The maximum atomic E-state index is 11.7. The average molecular weight is 273 g/mol. The van der Waals surface area contributed by atoms with Crippen molar-refractivity contribution in [2.45, 2.75) is 13.8 Å². The number of ketones is 1. The zero-order valence-corrected chi connectivity index (χ0v) is 11.5. The van der Waals surface area contributed by atoms with Crippen LogP contribution in [-0.4, -0.2) is 11.0 Å². The second kappa shape index (κ2) is 5.37. The maximum absolute atomic E-state index is 11.7. The molecule has 2 nitrogen and oxygen atoms in total. The number of aryl methyl sites for hydroxylation is 2. The Bertz CT molecular complexity index is 642. The van der Waals surface area contributed by atoms with E-state index < -0.39 is 11.0 Å². The summed E-state index contributed by atoms with van der Waals surface area (Å²) in [4.78, 5) is 22.7. The van der Waals surface area contributed by atoms with E-state index >= 15 is 0 Å². The molecule has 0 saturated carbocycles. The molecule has 0 fully saturated rings. The van der Waals surface area contributed by atoms with E-state index in [1.165, 1.54) is 5.56 Å². The van der Waals surface area contributed by atoms with Crippen molar-refractivity contribution in [1.29, 1.82) is 0 Å². The summed E-state index contributed by atoms with van der Waals surface area (Å²) in [5, 5.41) is -0.954. The fourth-order valence-electron chi connectivity index (χ4n) is 1.90. The number of carbonyl (C=O) groups is 2. The second-order valence-electron chi connectivity index (χ2n) is 4.50. The van der Waals surface area contributed by atoms with Crippen molar-refractivity contribution in [3.63, 3.8) is 0 Å². The quantitative estimate of drug-likeness (QED) is 0.482. The Hall–Kier alpha value is -1.93. The van der Waals surface area contributed by atoms with E-state index in [1.54, 1.807) is 13.0 Å². The third kappa shape index (κ3) is 2.91. The topological polar surface area (TPSA) is 34.1 Å². The molecule has 19 heavy (non-hydrogen) atoms. The lowest BCUT2D eigenvalue weighted by molar-refractivity contribution is -0.108. The van der Waals surface area contributed by atoms with E-state index in [9.17, 15) is 9.59 Å². The van der Waals surface area contributed by atoms with Crippen LogP contribution in [0.5, 0.6) is 0 Å². The first-order valence-corrected chi connectivity index (χ1v) is 6.28. The van der Waals surface area contributed by atoms with Gasteiger partial charge in [-0.3, -0.25) is 9.59 Å². The van der Waals surface area contributed by atoms with Gasteiger partial charge in [-0.25, -0.2) is 0 Å². The van der Waals surface area contributed by atoms with Crippen molar-refractivity contribution >= 4 is 22.6 Å². The molecular formula is C16H13ClO2. The van der Waals surface area contributed by atoms with Crippen molar-refractivity contribution in [2.75, 3.05) is 0 Å². The number of hydrogen-bond donors (Lipinski definition) is 0. The monoisotopic (exact) mass is 272 g/mol. The van der Waals surface area contributed by atoms with Crippen molar-refractivity contribution in [3.8, 4) is 11.1 Å². The van der Waals surface area contributed by atoms with Gasteiger partial charge in [0.05, 0.1) is 0 Å². The summed E-state index contributed by atoms with van der Waals surface area (Å²) in [7, 11) is 0. The molecule has 0 radical (unpaired) electrons. The molecule has 0 heterocycles. The van der Waals surface area contributed by atoms with Gasteiger partial charge in [-0.1, -0.05) is 42.0 Å². The van der Waals surface area contributed by atoms with Gasteiger partial charge in [0.25, 0.3) is 5.24 Å². The smallest absolute Gasteiger partial charge is 0.284 e. The van der Waals surface area contributed by atoms with Gasteiger partial charge < -0.3 is 0 Å². The van der Waals surface area contributed by atoms with E-state index in [1.807, 2.05) is 43.3 Å². The molecular weight excluding hydrogens is 260 g/mol. The van der Waals surface area contributed by atoms with Crippen LogP contribution in [0.2, 0.25) is 0 Å². The Kier molecular flexibility index (Phi) is 3.82. The zero-order valence-electron chi connectivity index (χ0n) is 10.7. The molecule has 0 aliphatic carbocycles. The number of halogens is 1. The molecule has 0 aliphatic heterocycles. The van der Waals surface area contributed by atoms with Crippen molar-refractivity contribution < 1.29 is 9.59 Å². The lowest BCUT2D eigenvalue weighted by atomic mass is 9.97. The Morgan fingerprint density at radius 2 is 1.47 bits per heavy atom. The van der Waals surface area contributed by atoms with E-state index in [-0.39, 0.29) is 0 Å². The molecule has 0 amide bonds. The molecule has 0 N–H and O–H groups in total. The van der Waals surface area contributed by atoms with Crippen LogP contribution in [0, 0.1) is 13.8 Å². The fraction of sp³-hybridized carbons (Fsp3) is 0.125. The Morgan fingerprint density at radius 1 is 0.895 bits per heavy atom. The molecule has 0 aliphatic rings. The van der Waals surface area contributed by atoms with Gasteiger partial charge in [0, 0.05) is 5.56 Å². The highest BCUT2D eigenvalue weighted by Gasteiger charge is 2.16. The first-order valence-electron chi connectivity index (χ1n) is 5.91. The number of benzene rings is 2. The van der Waals surface area contributed by atoms with Crippen LogP contribution in [0.4, 0.5) is 0 Å². The van der Waals surface area contributed by atoms with Crippen molar-refractivity contribution in [3.05, 3.63) is 59.2 Å². The lowest BCUT2D eigenvalue weighted by Gasteiger charge is -2.07. The highest BCUT2D eigenvalue weighted by atomic mass is 35.5. The predicted molar refractivity (Wildman–Crippen MR) is 76.5 cm³/mol. The third-order valence-corrected chi connectivity index (χ3v) is 3.22. The average Bonchev–Trinajstić information content (AvgIpc) is 2.39. The molecule has 0 unspecified atom stereocenters. The van der Waals surface area contributed by atoms with Crippen LogP contribution in [-0.2, 0) is 4.79 Å². The van der Waals surface area contributed by atoms with Gasteiger partial charge in [-0.15, -0.1) is 0 Å². The van der Waals surface area contributed by atoms with E-state index in [2.05, 4.69) is 0 Å². The minimum absolute atomic E-state index is 0.359. The summed E-state index contributed by atoms with van der Waals surface area (Å²) in [6.45, 7) is 3.80. The van der Waals surface area contributed by atoms with E-state index in [4.69, 9.17) is 11.6 Å². The number of Topliss-reactive ketones (excluding diaryl/α,β-unsaturated/α-hetero) is 1. The summed E-state index contributed by atoms with van der Waals surface area (Å²) in [5.74, 6) is -0.659. The van der Waals surface area contributed by atoms with Crippen LogP contribution in [0.25, 0.3) is 11.1 Å². The predicted octanol–water partition coefficient (Wildman–Crippen LogP) is 3.92. The third-order valence-electron chi connectivity index (χ3n) is 3.05. The molecule has 2 aromatic carbocycles. The Labute approximate surface area is 117 Å². The molecule has 0 atom stereocenters. The van der Waals surface area contributed by atoms with Gasteiger partial charge in [-0.2, -0.15) is 0 Å². The first kappa shape index (κ1) is 13.5. The second-order valence-corrected chi connectivity index (χ2v) is 4.84. The normalized spacial score (nSPS) is 10.3. The van der Waals surface area contributed by atoms with E-state index in [0.29, 0.717) is 5.56 Å². The molecule has 0 spiro atoms. The molecule has 2 aromatic rings. The van der Waals surface area contributed by atoms with Crippen LogP contribution >= 0.6 is 11.6 Å². The molecule has 0 saturated heterocycles. The summed E-state index contributed by atoms with van der Waals surface area (Å²) < 4.78 is 0. The fourth-order valence-corrected chi connectivity index (χ4v) is 2.00. The van der Waals surface area contributed by atoms with Crippen LogP contribution in [0.1, 0.15) is 21.5 Å². The lowest BCUT2D eigenvalue weighted by Crippen LogP contribution is -2.09. The SMILES string of the molecule is Cc1ccc(-c2ccc(C)c(C(=O)C(=O)Cl)c2)cc1. The largest absolute Gasteiger partial charge is 0.293 e. The van der Waals surface area contributed by atoms with E-state index in [0.717, 1.165) is 16.7 Å². The minimum atomic E-state index is -0.954. The molecule has 2 rings (SSSR count). The molecule has 0 aromatic heterocycles. The van der Waals surface area contributed by atoms with Crippen molar-refractivity contribution in [2.24, 2.45) is 0 Å². The zero-order chi connectivity index (χ0) is 14.0. The molecule has 0 bridgehead atoms. The highest BCUT2D eigenvalue weighted by molar-refractivity contribution is 6.83. The number of rotatable bonds is 3. The number of hydrogen-bond acceptors (Lipinski definition) is 2. The molecule has 3 heteroatoms. The summed E-state index contributed by atoms with van der Waals surface area (Å²) in [6.07, 6.45) is 0. The summed E-state index contributed by atoms with van der Waals surface area (Å²) in [6, 6.07) is 13.4.